The molecule has 4 aliphatic carbocycles. The van der Waals surface area contributed by atoms with Crippen LogP contribution in [0.25, 0.3) is 0 Å². The fourth-order valence-electron chi connectivity index (χ4n) is 9.70. The third-order valence-corrected chi connectivity index (χ3v) is 11.9. The van der Waals surface area contributed by atoms with Gasteiger partial charge in [-0.3, -0.25) is 0 Å². The standard InChI is InChI=1S/C36H49NO2/c1-24(2)9-7-8-10-27-15-17-29-28-16-18-31-34(3,4)32(39-33(38)26-13-11-25(23-37)12-14-26)20-22-36(31,6)30(28)19-21-35(27,29)5/h9,11-14,27,29,31-32H,7-8,10,15-22H2,1-6H3. The summed E-state index contributed by atoms with van der Waals surface area (Å²) in [6.45, 7) is 14.3. The van der Waals surface area contributed by atoms with Crippen LogP contribution in [0.4, 0.5) is 0 Å². The van der Waals surface area contributed by atoms with E-state index in [1.807, 2.05) is 5.57 Å². The quantitative estimate of drug-likeness (QED) is 0.210. The molecule has 4 aliphatic rings. The summed E-state index contributed by atoms with van der Waals surface area (Å²) in [5, 5.41) is 9.08. The van der Waals surface area contributed by atoms with Gasteiger partial charge in [-0.15, -0.1) is 0 Å². The summed E-state index contributed by atoms with van der Waals surface area (Å²) in [7, 11) is 0. The zero-order valence-electron chi connectivity index (χ0n) is 25.2. The smallest absolute Gasteiger partial charge is 0.338 e. The van der Waals surface area contributed by atoms with Gasteiger partial charge in [0, 0.05) is 5.41 Å². The Hall–Kier alpha value is -2.34. The second kappa shape index (κ2) is 10.6. The van der Waals surface area contributed by atoms with E-state index in [2.05, 4.69) is 53.7 Å². The number of nitrogens with zero attached hydrogens (tertiary/aromatic N) is 1. The Morgan fingerprint density at radius 2 is 1.77 bits per heavy atom. The lowest BCUT2D eigenvalue weighted by Crippen LogP contribution is -2.54. The lowest BCUT2D eigenvalue weighted by atomic mass is 9.46. The van der Waals surface area contributed by atoms with Crippen LogP contribution in [0.3, 0.4) is 0 Å². The molecule has 6 atom stereocenters. The van der Waals surface area contributed by atoms with Gasteiger partial charge < -0.3 is 4.74 Å². The minimum absolute atomic E-state index is 0.0718. The number of carbonyl (C=O) groups excluding carboxylic acids is 1. The highest BCUT2D eigenvalue weighted by molar-refractivity contribution is 5.89. The number of rotatable bonds is 6. The molecule has 0 aromatic heterocycles. The molecule has 0 amide bonds. The number of benzene rings is 1. The SMILES string of the molecule is CC(C)=CCCCC1CCC2C3=C(CCC12C)C1(C)CCC(OC(=O)c2ccc(C#N)cc2)C(C)(C)C1CC3. The first-order valence-electron chi connectivity index (χ1n) is 15.6. The average Bonchev–Trinajstić information content (AvgIpc) is 3.24. The minimum atomic E-state index is -0.257. The van der Waals surface area contributed by atoms with Gasteiger partial charge in [0.25, 0.3) is 0 Å². The van der Waals surface area contributed by atoms with Crippen LogP contribution in [0, 0.1) is 45.3 Å². The van der Waals surface area contributed by atoms with E-state index in [4.69, 9.17) is 10.00 Å². The molecule has 2 fully saturated rings. The summed E-state index contributed by atoms with van der Waals surface area (Å²) in [5.74, 6) is 1.93. The summed E-state index contributed by atoms with van der Waals surface area (Å²) >= 11 is 0. The van der Waals surface area contributed by atoms with Crippen molar-refractivity contribution in [1.29, 1.82) is 5.26 Å². The number of nitriles is 1. The van der Waals surface area contributed by atoms with E-state index in [0.717, 1.165) is 24.7 Å². The van der Waals surface area contributed by atoms with E-state index < -0.39 is 0 Å². The Labute approximate surface area is 237 Å². The first-order valence-corrected chi connectivity index (χ1v) is 15.6. The highest BCUT2D eigenvalue weighted by Crippen LogP contribution is 2.67. The molecule has 0 heterocycles. The maximum Gasteiger partial charge on any atom is 0.338 e. The Balaban J connectivity index is 1.31. The molecule has 0 N–H and O–H groups in total. The van der Waals surface area contributed by atoms with E-state index >= 15 is 0 Å². The molecule has 1 aromatic rings. The van der Waals surface area contributed by atoms with E-state index in [0.29, 0.717) is 22.5 Å². The molecule has 6 unspecified atom stereocenters. The van der Waals surface area contributed by atoms with Crippen molar-refractivity contribution < 1.29 is 9.53 Å². The number of hydrogen-bond donors (Lipinski definition) is 0. The summed E-state index contributed by atoms with van der Waals surface area (Å²) < 4.78 is 6.22. The van der Waals surface area contributed by atoms with Crippen molar-refractivity contribution in [3.05, 3.63) is 58.2 Å². The predicted molar refractivity (Wildman–Crippen MR) is 158 cm³/mol. The first-order chi connectivity index (χ1) is 18.5. The Kier molecular flexibility index (Phi) is 7.64. The van der Waals surface area contributed by atoms with Crippen LogP contribution in [0.2, 0.25) is 0 Å². The van der Waals surface area contributed by atoms with Crippen LogP contribution in [0.15, 0.2) is 47.1 Å². The predicted octanol–water partition coefficient (Wildman–Crippen LogP) is 9.58. The molecule has 5 rings (SSSR count). The Bertz CT molecular complexity index is 1190. The molecule has 0 radical (unpaired) electrons. The molecule has 1 aromatic carbocycles. The summed E-state index contributed by atoms with van der Waals surface area (Å²) in [5.41, 5.74) is 6.83. The average molecular weight is 528 g/mol. The van der Waals surface area contributed by atoms with Gasteiger partial charge in [-0.2, -0.15) is 5.26 Å². The number of unbranched alkanes of at least 4 members (excludes halogenated alkanes) is 1. The summed E-state index contributed by atoms with van der Waals surface area (Å²) in [6, 6.07) is 8.95. The minimum Gasteiger partial charge on any atom is -0.458 e. The zero-order chi connectivity index (χ0) is 28.0. The molecule has 3 nitrogen and oxygen atoms in total. The largest absolute Gasteiger partial charge is 0.458 e. The van der Waals surface area contributed by atoms with Crippen molar-refractivity contribution in [2.75, 3.05) is 0 Å². The molecule has 2 saturated carbocycles. The van der Waals surface area contributed by atoms with Gasteiger partial charge in [-0.05, 0) is 137 Å². The van der Waals surface area contributed by atoms with Crippen LogP contribution in [-0.2, 0) is 4.74 Å². The number of ether oxygens (including phenoxy) is 1. The number of fused-ring (bicyclic) bond motifs is 4. The molecule has 39 heavy (non-hydrogen) atoms. The molecule has 0 bridgehead atoms. The van der Waals surface area contributed by atoms with Crippen molar-refractivity contribution in [1.82, 2.24) is 0 Å². The van der Waals surface area contributed by atoms with Gasteiger partial charge in [0.2, 0.25) is 0 Å². The molecule has 210 valence electrons. The molecular weight excluding hydrogens is 478 g/mol. The number of hydrogen-bond acceptors (Lipinski definition) is 3. The third kappa shape index (κ3) is 4.92. The van der Waals surface area contributed by atoms with Crippen molar-refractivity contribution in [2.24, 2.45) is 34.0 Å². The maximum atomic E-state index is 13.1. The van der Waals surface area contributed by atoms with Crippen LogP contribution in [-0.4, -0.2) is 12.1 Å². The van der Waals surface area contributed by atoms with E-state index in [-0.39, 0.29) is 22.9 Å². The first kappa shape index (κ1) is 28.2. The van der Waals surface area contributed by atoms with Crippen molar-refractivity contribution in [3.8, 4) is 6.07 Å². The third-order valence-electron chi connectivity index (χ3n) is 11.9. The topological polar surface area (TPSA) is 50.1 Å². The number of esters is 1. The van der Waals surface area contributed by atoms with Gasteiger partial charge in [-0.25, -0.2) is 4.79 Å². The van der Waals surface area contributed by atoms with Gasteiger partial charge in [0.15, 0.2) is 0 Å². The number of carbonyl (C=O) groups is 1. The van der Waals surface area contributed by atoms with Crippen LogP contribution >= 0.6 is 0 Å². The van der Waals surface area contributed by atoms with Crippen molar-refractivity contribution in [3.63, 3.8) is 0 Å². The van der Waals surface area contributed by atoms with Gasteiger partial charge in [0.05, 0.1) is 17.2 Å². The monoisotopic (exact) mass is 527 g/mol. The second-order valence-electron chi connectivity index (χ2n) is 14.5. The normalized spacial score (nSPS) is 34.8. The van der Waals surface area contributed by atoms with E-state index in [1.165, 1.54) is 63.4 Å². The summed E-state index contributed by atoms with van der Waals surface area (Å²) in [4.78, 5) is 13.1. The Morgan fingerprint density at radius 3 is 2.46 bits per heavy atom. The van der Waals surface area contributed by atoms with Gasteiger partial charge >= 0.3 is 5.97 Å². The zero-order valence-corrected chi connectivity index (χ0v) is 25.2. The van der Waals surface area contributed by atoms with Crippen LogP contribution in [0.5, 0.6) is 0 Å². The lowest BCUT2D eigenvalue weighted by molar-refractivity contribution is -0.101. The van der Waals surface area contributed by atoms with E-state index in [1.54, 1.807) is 29.8 Å². The second-order valence-corrected chi connectivity index (χ2v) is 14.5. The molecule has 0 aliphatic heterocycles. The molecule has 0 saturated heterocycles. The maximum absolute atomic E-state index is 13.1. The Morgan fingerprint density at radius 1 is 1.03 bits per heavy atom. The van der Waals surface area contributed by atoms with Crippen molar-refractivity contribution in [2.45, 2.75) is 118 Å². The van der Waals surface area contributed by atoms with E-state index in [9.17, 15) is 4.79 Å². The fraction of sp³-hybridized carbons (Fsp3) is 0.667. The van der Waals surface area contributed by atoms with Crippen LogP contribution < -0.4 is 0 Å². The van der Waals surface area contributed by atoms with Crippen LogP contribution in [0.1, 0.15) is 128 Å². The highest BCUT2D eigenvalue weighted by atomic mass is 16.5. The molecule has 3 heteroatoms. The lowest BCUT2D eigenvalue weighted by Gasteiger charge is -2.60. The molecular formula is C36H49NO2. The van der Waals surface area contributed by atoms with Crippen molar-refractivity contribution >= 4 is 5.97 Å². The fourth-order valence-corrected chi connectivity index (χ4v) is 9.70. The highest BCUT2D eigenvalue weighted by Gasteiger charge is 2.59. The van der Waals surface area contributed by atoms with Gasteiger partial charge in [0.1, 0.15) is 6.10 Å². The molecule has 0 spiro atoms. The van der Waals surface area contributed by atoms with Gasteiger partial charge in [-0.1, -0.05) is 50.5 Å². The summed E-state index contributed by atoms with van der Waals surface area (Å²) in [6.07, 6.45) is 16.2. The number of allylic oxidation sites excluding steroid dienone is 4.